The lowest BCUT2D eigenvalue weighted by Gasteiger charge is -2.46. The molecule has 2 N–H and O–H groups in total. The largest absolute Gasteiger partial charge is 0.465 e. The third kappa shape index (κ3) is 4.98. The quantitative estimate of drug-likeness (QED) is 0.456. The first-order chi connectivity index (χ1) is 18.9. The number of piperazine rings is 1. The van der Waals surface area contributed by atoms with Gasteiger partial charge in [0.05, 0.1) is 5.56 Å². The second-order valence-corrected chi connectivity index (χ2v) is 10.9. The maximum absolute atomic E-state index is 13.2. The number of aromatic nitrogens is 4. The number of fused-ring (bicyclic) bond motifs is 1. The van der Waals surface area contributed by atoms with E-state index < -0.39 is 6.09 Å². The Hall–Kier alpha value is -3.86. The summed E-state index contributed by atoms with van der Waals surface area (Å²) < 4.78 is 1.69. The number of Topliss-reactive ketones (excluding diaryl/α,β-unsaturated/α-hetero) is 1. The third-order valence-electron chi connectivity index (χ3n) is 8.55. The predicted octanol–water partition coefficient (Wildman–Crippen LogP) is 3.79. The number of nitrogens with zero attached hydrogens (tertiary/aromatic N) is 6. The molecule has 39 heavy (non-hydrogen) atoms. The number of carbonyl (C=O) groups is 2. The van der Waals surface area contributed by atoms with E-state index >= 15 is 0 Å². The van der Waals surface area contributed by atoms with Crippen LogP contribution >= 0.6 is 0 Å². The molecule has 2 aliphatic carbocycles. The molecule has 3 fully saturated rings. The van der Waals surface area contributed by atoms with Gasteiger partial charge in [-0.25, -0.2) is 14.8 Å². The normalized spacial score (nSPS) is 22.1. The fourth-order valence-corrected chi connectivity index (χ4v) is 6.21. The van der Waals surface area contributed by atoms with E-state index in [1.54, 1.807) is 16.8 Å². The minimum absolute atomic E-state index is 0.0341. The van der Waals surface area contributed by atoms with Crippen LogP contribution in [0.1, 0.15) is 73.3 Å². The number of carboxylic acid groups (broad SMARTS) is 1. The summed E-state index contributed by atoms with van der Waals surface area (Å²) in [5, 5.41) is 13.0. The molecule has 6 rings (SSSR count). The first-order valence-electron chi connectivity index (χ1n) is 13.8. The van der Waals surface area contributed by atoms with Gasteiger partial charge in [-0.05, 0) is 56.2 Å². The van der Waals surface area contributed by atoms with Crippen LogP contribution in [-0.2, 0) is 0 Å². The molecule has 0 unspecified atom stereocenters. The Bertz CT molecular complexity index is 1450. The van der Waals surface area contributed by atoms with Gasteiger partial charge in [0.25, 0.3) is 5.56 Å². The van der Waals surface area contributed by atoms with E-state index in [4.69, 9.17) is 5.11 Å². The van der Waals surface area contributed by atoms with E-state index in [1.165, 1.54) is 17.4 Å². The molecule has 0 aromatic carbocycles. The lowest BCUT2D eigenvalue weighted by molar-refractivity contribution is 0.0509. The van der Waals surface area contributed by atoms with E-state index in [1.807, 2.05) is 12.3 Å². The predicted molar refractivity (Wildman–Crippen MR) is 146 cm³/mol. The van der Waals surface area contributed by atoms with Crippen LogP contribution in [0, 0.1) is 0 Å². The average Bonchev–Trinajstić information content (AvgIpc) is 3.43. The fraction of sp³-hybridized carbons (Fsp3) is 0.500. The Morgan fingerprint density at radius 2 is 1.74 bits per heavy atom. The van der Waals surface area contributed by atoms with Gasteiger partial charge in [-0.2, -0.15) is 4.98 Å². The van der Waals surface area contributed by atoms with E-state index in [2.05, 4.69) is 31.2 Å². The van der Waals surface area contributed by atoms with Crippen molar-refractivity contribution in [2.24, 2.45) is 0 Å². The van der Waals surface area contributed by atoms with Crippen LogP contribution in [0.4, 0.5) is 16.6 Å². The van der Waals surface area contributed by atoms with E-state index in [-0.39, 0.29) is 22.9 Å². The Balaban J connectivity index is 1.14. The average molecular weight is 532 g/mol. The van der Waals surface area contributed by atoms with Crippen molar-refractivity contribution in [2.45, 2.75) is 63.5 Å². The smallest absolute Gasteiger partial charge is 0.407 e. The SMILES string of the molecule is CC(=O)c1cc2cnc(Nc3ccc(C4CC(N5CCN(C(=O)O)CC5)C4)cn3)nc2n(C2CCCC2)c1=O. The fourth-order valence-electron chi connectivity index (χ4n) is 6.21. The highest BCUT2D eigenvalue weighted by atomic mass is 16.4. The number of pyridine rings is 2. The van der Waals surface area contributed by atoms with Crippen molar-refractivity contribution >= 4 is 34.7 Å². The van der Waals surface area contributed by atoms with E-state index in [9.17, 15) is 14.4 Å². The molecule has 11 heteroatoms. The van der Waals surface area contributed by atoms with Crippen LogP contribution in [0.25, 0.3) is 11.0 Å². The van der Waals surface area contributed by atoms with Crippen molar-refractivity contribution < 1.29 is 14.7 Å². The number of anilines is 2. The number of amides is 1. The monoisotopic (exact) mass is 531 g/mol. The molecule has 0 atom stereocenters. The van der Waals surface area contributed by atoms with Gasteiger partial charge in [-0.1, -0.05) is 18.9 Å². The van der Waals surface area contributed by atoms with Crippen LogP contribution < -0.4 is 10.9 Å². The van der Waals surface area contributed by atoms with Crippen molar-refractivity contribution in [3.8, 4) is 0 Å². The zero-order valence-electron chi connectivity index (χ0n) is 22.0. The minimum Gasteiger partial charge on any atom is -0.465 e. The Labute approximate surface area is 225 Å². The van der Waals surface area contributed by atoms with Crippen LogP contribution in [0.2, 0.25) is 0 Å². The summed E-state index contributed by atoms with van der Waals surface area (Å²) in [5.41, 5.74) is 1.62. The van der Waals surface area contributed by atoms with Crippen molar-refractivity contribution in [2.75, 3.05) is 31.5 Å². The molecule has 0 radical (unpaired) electrons. The molecule has 1 saturated heterocycles. The van der Waals surface area contributed by atoms with Gasteiger partial charge in [-0.15, -0.1) is 0 Å². The molecular weight excluding hydrogens is 498 g/mol. The van der Waals surface area contributed by atoms with E-state index in [0.29, 0.717) is 47.8 Å². The molecule has 3 aromatic heterocycles. The van der Waals surface area contributed by atoms with Crippen LogP contribution in [0.3, 0.4) is 0 Å². The topological polar surface area (TPSA) is 134 Å². The number of ketones is 1. The van der Waals surface area contributed by atoms with Gasteiger partial charge in [0, 0.05) is 56.0 Å². The van der Waals surface area contributed by atoms with E-state index in [0.717, 1.165) is 51.6 Å². The van der Waals surface area contributed by atoms with Gasteiger partial charge in [0.2, 0.25) is 5.95 Å². The maximum Gasteiger partial charge on any atom is 0.407 e. The molecule has 3 aliphatic rings. The van der Waals surface area contributed by atoms with Crippen LogP contribution in [0.15, 0.2) is 35.4 Å². The number of hydrogen-bond donors (Lipinski definition) is 2. The Morgan fingerprint density at radius 1 is 1.00 bits per heavy atom. The summed E-state index contributed by atoms with van der Waals surface area (Å²) in [4.78, 5) is 54.0. The molecule has 3 aromatic rings. The highest BCUT2D eigenvalue weighted by molar-refractivity contribution is 5.96. The molecule has 2 saturated carbocycles. The van der Waals surface area contributed by atoms with Crippen molar-refractivity contribution in [3.63, 3.8) is 0 Å². The number of nitrogens with one attached hydrogen (secondary N) is 1. The van der Waals surface area contributed by atoms with Gasteiger partial charge in [0.15, 0.2) is 5.78 Å². The number of carbonyl (C=O) groups excluding carboxylic acids is 1. The summed E-state index contributed by atoms with van der Waals surface area (Å²) in [6, 6.07) is 6.13. The lowest BCUT2D eigenvalue weighted by atomic mass is 9.75. The Morgan fingerprint density at radius 3 is 2.38 bits per heavy atom. The number of rotatable bonds is 6. The third-order valence-corrected chi connectivity index (χ3v) is 8.55. The zero-order chi connectivity index (χ0) is 27.1. The second-order valence-electron chi connectivity index (χ2n) is 10.9. The molecule has 11 nitrogen and oxygen atoms in total. The minimum atomic E-state index is -0.833. The summed E-state index contributed by atoms with van der Waals surface area (Å²) in [6.45, 7) is 4.15. The lowest BCUT2D eigenvalue weighted by Crippen LogP contribution is -2.54. The Kier molecular flexibility index (Phi) is 6.76. The first-order valence-corrected chi connectivity index (χ1v) is 13.8. The van der Waals surface area contributed by atoms with Gasteiger partial charge >= 0.3 is 6.09 Å². The molecule has 0 spiro atoms. The standard InChI is InChI=1S/C28H33N7O4/c1-17(36)23-14-20-16-30-27(32-25(20)35(26(23)37)21-4-2-3-5-21)31-24-7-6-18(15-29-24)19-12-22(13-19)33-8-10-34(11-9-33)28(38)39/h6-7,14-16,19,21-22H,2-5,8-13H2,1H3,(H,38,39)(H,29,30,31,32). The highest BCUT2D eigenvalue weighted by Gasteiger charge is 2.36. The van der Waals surface area contributed by atoms with Crippen molar-refractivity contribution in [1.29, 1.82) is 0 Å². The summed E-state index contributed by atoms with van der Waals surface area (Å²) in [7, 11) is 0. The molecule has 204 valence electrons. The van der Waals surface area contributed by atoms with Crippen molar-refractivity contribution in [1.82, 2.24) is 29.3 Å². The summed E-state index contributed by atoms with van der Waals surface area (Å²) in [6.07, 6.45) is 8.71. The van der Waals surface area contributed by atoms with Gasteiger partial charge < -0.3 is 15.3 Å². The summed E-state index contributed by atoms with van der Waals surface area (Å²) in [5.74, 6) is 1.17. The summed E-state index contributed by atoms with van der Waals surface area (Å²) >= 11 is 0. The second kappa shape index (κ2) is 10.4. The zero-order valence-corrected chi connectivity index (χ0v) is 22.0. The van der Waals surface area contributed by atoms with Crippen LogP contribution in [0.5, 0.6) is 0 Å². The first kappa shape index (κ1) is 25.4. The van der Waals surface area contributed by atoms with Gasteiger partial charge in [0.1, 0.15) is 11.5 Å². The van der Waals surface area contributed by atoms with Crippen molar-refractivity contribution in [3.05, 3.63) is 52.1 Å². The number of hydrogen-bond acceptors (Lipinski definition) is 8. The molecule has 0 bridgehead atoms. The van der Waals surface area contributed by atoms with Gasteiger partial charge in [-0.3, -0.25) is 19.1 Å². The highest BCUT2D eigenvalue weighted by Crippen LogP contribution is 2.40. The molecule has 1 amide bonds. The molecule has 1 aliphatic heterocycles. The van der Waals surface area contributed by atoms with Crippen LogP contribution in [-0.4, -0.2) is 78.5 Å². The molecular formula is C28H33N7O4. The molecule has 4 heterocycles. The maximum atomic E-state index is 13.2.